The van der Waals surface area contributed by atoms with Crippen molar-refractivity contribution in [2.24, 2.45) is 0 Å². The Morgan fingerprint density at radius 2 is 1.90 bits per heavy atom. The van der Waals surface area contributed by atoms with Gasteiger partial charge < -0.3 is 14.6 Å². The van der Waals surface area contributed by atoms with Crippen LogP contribution in [0.4, 0.5) is 11.4 Å². The van der Waals surface area contributed by atoms with Gasteiger partial charge in [0.2, 0.25) is 0 Å². The summed E-state index contributed by atoms with van der Waals surface area (Å²) in [5.74, 6) is -2.14. The van der Waals surface area contributed by atoms with Crippen molar-refractivity contribution in [2.45, 2.75) is 18.2 Å². The van der Waals surface area contributed by atoms with Crippen molar-refractivity contribution in [3.8, 4) is 5.75 Å². The Balaban J connectivity index is 1.83. The lowest BCUT2D eigenvalue weighted by Gasteiger charge is -2.28. The molecule has 2 aromatic rings. The van der Waals surface area contributed by atoms with Gasteiger partial charge in [-0.3, -0.25) is 19.2 Å². The fraction of sp³-hybridized carbons (Fsp3) is 0.250. The number of carbonyl (C=O) groups excluding carboxylic acids is 2. The monoisotopic (exact) mass is 448 g/mol. The summed E-state index contributed by atoms with van der Waals surface area (Å²) in [5.41, 5.74) is 0.542. The largest absolute Gasteiger partial charge is 0.482 e. The number of benzene rings is 2. The maximum absolute atomic E-state index is 12.8. The molecule has 0 saturated carbocycles. The second-order valence-corrected chi connectivity index (χ2v) is 8.29. The van der Waals surface area contributed by atoms with Crippen molar-refractivity contribution in [1.82, 2.24) is 0 Å². The first-order chi connectivity index (χ1) is 14.7. The quantitative estimate of drug-likeness (QED) is 0.584. The van der Waals surface area contributed by atoms with Gasteiger partial charge in [-0.1, -0.05) is 6.92 Å². The fourth-order valence-corrected chi connectivity index (χ4v) is 3.90. The summed E-state index contributed by atoms with van der Waals surface area (Å²) in [6.07, 6.45) is 0.685. The highest BCUT2D eigenvalue weighted by Crippen LogP contribution is 2.34. The molecule has 1 amide bonds. The number of carboxylic acids is 1. The molecule has 10 nitrogen and oxygen atoms in total. The summed E-state index contributed by atoms with van der Waals surface area (Å²) >= 11 is 0. The van der Waals surface area contributed by atoms with E-state index in [2.05, 4.69) is 4.72 Å². The highest BCUT2D eigenvalue weighted by atomic mass is 32.2. The van der Waals surface area contributed by atoms with Crippen molar-refractivity contribution < 1.29 is 37.4 Å². The highest BCUT2D eigenvalue weighted by molar-refractivity contribution is 7.92. The van der Waals surface area contributed by atoms with E-state index in [1.165, 1.54) is 42.5 Å². The number of hydrogen-bond donors (Lipinski definition) is 2. The lowest BCUT2D eigenvalue weighted by Crippen LogP contribution is -2.42. The molecule has 3 rings (SSSR count). The molecule has 0 bridgehead atoms. The van der Waals surface area contributed by atoms with E-state index in [-0.39, 0.29) is 40.8 Å². The Hall–Kier alpha value is -3.60. The van der Waals surface area contributed by atoms with Gasteiger partial charge in [-0.25, -0.2) is 13.2 Å². The Labute approximate surface area is 178 Å². The van der Waals surface area contributed by atoms with Crippen LogP contribution in [0.3, 0.4) is 0 Å². The standard InChI is InChI=1S/C20H20N2O8S/c1-2-9-29-20(26)13-3-5-14(6-4-13)21-31(27,28)15-7-8-17-16(10-15)22(11-19(24)25)18(23)12-30-17/h3-8,10,21H,2,9,11-12H2,1H3,(H,24,25). The van der Waals surface area contributed by atoms with Gasteiger partial charge in [0.25, 0.3) is 15.9 Å². The van der Waals surface area contributed by atoms with Crippen molar-refractivity contribution in [3.63, 3.8) is 0 Å². The summed E-state index contributed by atoms with van der Waals surface area (Å²) in [6, 6.07) is 9.52. The Bertz CT molecular complexity index is 1110. The molecule has 1 aliphatic heterocycles. The number of amides is 1. The summed E-state index contributed by atoms with van der Waals surface area (Å²) in [6.45, 7) is 1.20. The topological polar surface area (TPSA) is 139 Å². The molecule has 11 heteroatoms. The number of esters is 1. The van der Waals surface area contributed by atoms with E-state index in [4.69, 9.17) is 14.6 Å². The fourth-order valence-electron chi connectivity index (χ4n) is 2.82. The average molecular weight is 448 g/mol. The first-order valence-electron chi connectivity index (χ1n) is 9.30. The molecule has 0 spiro atoms. The number of fused-ring (bicyclic) bond motifs is 1. The lowest BCUT2D eigenvalue weighted by atomic mass is 10.2. The number of rotatable bonds is 8. The van der Waals surface area contributed by atoms with E-state index < -0.39 is 34.4 Å². The highest BCUT2D eigenvalue weighted by Gasteiger charge is 2.29. The molecule has 0 atom stereocenters. The van der Waals surface area contributed by atoms with E-state index in [1.54, 1.807) is 0 Å². The lowest BCUT2D eigenvalue weighted by molar-refractivity contribution is -0.137. The number of aliphatic carboxylic acids is 1. The van der Waals surface area contributed by atoms with Gasteiger partial charge in [0.05, 0.1) is 22.8 Å². The van der Waals surface area contributed by atoms with Crippen LogP contribution >= 0.6 is 0 Å². The van der Waals surface area contributed by atoms with E-state index in [1.807, 2.05) is 6.92 Å². The normalized spacial score (nSPS) is 13.2. The van der Waals surface area contributed by atoms with Crippen molar-refractivity contribution in [2.75, 3.05) is 29.4 Å². The Morgan fingerprint density at radius 1 is 1.19 bits per heavy atom. The van der Waals surface area contributed by atoms with E-state index >= 15 is 0 Å². The Morgan fingerprint density at radius 3 is 2.55 bits per heavy atom. The van der Waals surface area contributed by atoms with Gasteiger partial charge in [0, 0.05) is 5.69 Å². The molecule has 31 heavy (non-hydrogen) atoms. The minimum atomic E-state index is -4.07. The number of nitrogens with one attached hydrogen (secondary N) is 1. The second-order valence-electron chi connectivity index (χ2n) is 6.61. The van der Waals surface area contributed by atoms with Crippen LogP contribution in [0.25, 0.3) is 0 Å². The molecule has 0 aromatic heterocycles. The molecule has 0 unspecified atom stereocenters. The summed E-state index contributed by atoms with van der Waals surface area (Å²) in [5, 5.41) is 9.04. The van der Waals surface area contributed by atoms with Crippen molar-refractivity contribution in [1.29, 1.82) is 0 Å². The van der Waals surface area contributed by atoms with Crippen molar-refractivity contribution >= 4 is 39.2 Å². The molecule has 0 aliphatic carbocycles. The Kier molecular flexibility index (Phi) is 6.44. The predicted octanol–water partition coefficient (Wildman–Crippen LogP) is 1.86. The third-order valence-corrected chi connectivity index (χ3v) is 5.67. The number of hydrogen-bond acceptors (Lipinski definition) is 7. The third-order valence-electron chi connectivity index (χ3n) is 4.29. The van der Waals surface area contributed by atoms with Crippen LogP contribution in [0.2, 0.25) is 0 Å². The van der Waals surface area contributed by atoms with E-state index in [0.29, 0.717) is 6.42 Å². The van der Waals surface area contributed by atoms with Gasteiger partial charge in [0.1, 0.15) is 12.3 Å². The molecule has 1 aliphatic rings. The average Bonchev–Trinajstić information content (AvgIpc) is 2.73. The second kappa shape index (κ2) is 9.04. The molecular weight excluding hydrogens is 428 g/mol. The molecular formula is C20H20N2O8S. The summed E-state index contributed by atoms with van der Waals surface area (Å²) < 4.78 is 38.2. The molecule has 0 fully saturated rings. The number of anilines is 2. The maximum Gasteiger partial charge on any atom is 0.338 e. The SMILES string of the molecule is CCCOC(=O)c1ccc(NS(=O)(=O)c2ccc3c(c2)N(CC(=O)O)C(=O)CO3)cc1. The van der Waals surface area contributed by atoms with Crippen LogP contribution in [-0.4, -0.2) is 51.1 Å². The van der Waals surface area contributed by atoms with Crippen LogP contribution < -0.4 is 14.4 Å². The minimum Gasteiger partial charge on any atom is -0.482 e. The summed E-state index contributed by atoms with van der Waals surface area (Å²) in [7, 11) is -4.07. The maximum atomic E-state index is 12.8. The van der Waals surface area contributed by atoms with Gasteiger partial charge in [-0.15, -0.1) is 0 Å². The van der Waals surface area contributed by atoms with E-state index in [0.717, 1.165) is 4.90 Å². The molecule has 2 N–H and O–H groups in total. The van der Waals surface area contributed by atoms with Gasteiger partial charge in [-0.05, 0) is 48.9 Å². The van der Waals surface area contributed by atoms with Crippen LogP contribution in [0, 0.1) is 0 Å². The smallest absolute Gasteiger partial charge is 0.338 e. The summed E-state index contributed by atoms with van der Waals surface area (Å²) in [4.78, 5) is 35.7. The number of nitrogens with zero attached hydrogens (tertiary/aromatic N) is 1. The van der Waals surface area contributed by atoms with Crippen LogP contribution in [0.15, 0.2) is 47.4 Å². The third kappa shape index (κ3) is 5.12. The molecule has 164 valence electrons. The van der Waals surface area contributed by atoms with Gasteiger partial charge >= 0.3 is 11.9 Å². The number of carboxylic acid groups (broad SMARTS) is 1. The number of sulfonamides is 1. The van der Waals surface area contributed by atoms with Crippen LogP contribution in [0.5, 0.6) is 5.75 Å². The molecule has 1 heterocycles. The van der Waals surface area contributed by atoms with E-state index in [9.17, 15) is 22.8 Å². The first-order valence-corrected chi connectivity index (χ1v) is 10.8. The molecule has 0 saturated heterocycles. The van der Waals surface area contributed by atoms with Crippen molar-refractivity contribution in [3.05, 3.63) is 48.0 Å². The zero-order chi connectivity index (χ0) is 22.6. The molecule has 2 aromatic carbocycles. The zero-order valence-corrected chi connectivity index (χ0v) is 17.3. The van der Waals surface area contributed by atoms with Crippen LogP contribution in [0.1, 0.15) is 23.7 Å². The van der Waals surface area contributed by atoms with Gasteiger partial charge in [0.15, 0.2) is 6.61 Å². The predicted molar refractivity (Wildman–Crippen MR) is 110 cm³/mol. The molecule has 0 radical (unpaired) electrons. The minimum absolute atomic E-state index is 0.0514. The van der Waals surface area contributed by atoms with Crippen LogP contribution in [-0.2, 0) is 24.3 Å². The zero-order valence-electron chi connectivity index (χ0n) is 16.5. The number of carbonyl (C=O) groups is 3. The van der Waals surface area contributed by atoms with Gasteiger partial charge in [-0.2, -0.15) is 0 Å². The number of ether oxygens (including phenoxy) is 2. The first kappa shape index (κ1) is 22.1.